The largest absolute Gasteiger partial charge is 0.352 e. The number of rotatable bonds is 2. The maximum atomic E-state index is 11.6. The first-order chi connectivity index (χ1) is 7.22. The summed E-state index contributed by atoms with van der Waals surface area (Å²) in [4.78, 5) is 16.4. The molecule has 0 saturated heterocycles. The molecule has 0 aliphatic carbocycles. The van der Waals surface area contributed by atoms with E-state index in [4.69, 9.17) is 11.6 Å². The van der Waals surface area contributed by atoms with E-state index < -0.39 is 0 Å². The Morgan fingerprint density at radius 2 is 2.47 bits per heavy atom. The number of pyridine rings is 1. The van der Waals surface area contributed by atoms with Gasteiger partial charge in [0.05, 0.1) is 20.1 Å². The topological polar surface area (TPSA) is 42.0 Å². The zero-order valence-electron chi connectivity index (χ0n) is 8.08. The summed E-state index contributed by atoms with van der Waals surface area (Å²) >= 11 is 7.36. The van der Waals surface area contributed by atoms with Crippen LogP contribution in [0, 0.1) is 0 Å². The molecule has 1 N–H and O–H groups in total. The Balaban J connectivity index is 2.47. The molecule has 0 bridgehead atoms. The number of nitrogens with one attached hydrogen (secondary N) is 1. The Morgan fingerprint density at radius 1 is 1.67 bits per heavy atom. The van der Waals surface area contributed by atoms with Gasteiger partial charge >= 0.3 is 0 Å². The standard InChI is InChI=1S/C10H9ClN2OS/c1-2-12-10(14)8-5-7-9(15-8)6(11)3-4-13-7/h3-5H,2H2,1H3,(H,12,14). The van der Waals surface area contributed by atoms with Crippen LogP contribution in [0.2, 0.25) is 5.02 Å². The molecule has 0 radical (unpaired) electrons. The van der Waals surface area contributed by atoms with Crippen molar-refractivity contribution in [2.75, 3.05) is 6.54 Å². The van der Waals surface area contributed by atoms with E-state index in [-0.39, 0.29) is 5.91 Å². The summed E-state index contributed by atoms with van der Waals surface area (Å²) in [5, 5.41) is 3.38. The molecule has 78 valence electrons. The molecule has 0 unspecified atom stereocenters. The predicted molar refractivity (Wildman–Crippen MR) is 62.6 cm³/mol. The van der Waals surface area contributed by atoms with Crippen molar-refractivity contribution < 1.29 is 4.79 Å². The van der Waals surface area contributed by atoms with Crippen molar-refractivity contribution in [2.24, 2.45) is 0 Å². The van der Waals surface area contributed by atoms with Crippen molar-refractivity contribution in [1.82, 2.24) is 10.3 Å². The van der Waals surface area contributed by atoms with Gasteiger partial charge in [0, 0.05) is 12.7 Å². The van der Waals surface area contributed by atoms with Gasteiger partial charge in [0.25, 0.3) is 5.91 Å². The lowest BCUT2D eigenvalue weighted by atomic mass is 10.3. The molecule has 0 saturated carbocycles. The molecular weight excluding hydrogens is 232 g/mol. The van der Waals surface area contributed by atoms with Gasteiger partial charge in [0.15, 0.2) is 0 Å². The minimum Gasteiger partial charge on any atom is -0.352 e. The first kappa shape index (κ1) is 10.4. The number of hydrogen-bond donors (Lipinski definition) is 1. The van der Waals surface area contributed by atoms with Crippen LogP contribution in [0.25, 0.3) is 10.2 Å². The fourth-order valence-corrected chi connectivity index (χ4v) is 2.47. The highest BCUT2D eigenvalue weighted by Gasteiger charge is 2.11. The number of carbonyl (C=O) groups excluding carboxylic acids is 1. The van der Waals surface area contributed by atoms with E-state index in [1.54, 1.807) is 18.3 Å². The fourth-order valence-electron chi connectivity index (χ4n) is 1.27. The van der Waals surface area contributed by atoms with Crippen molar-refractivity contribution >= 4 is 39.1 Å². The van der Waals surface area contributed by atoms with E-state index in [1.807, 2.05) is 6.92 Å². The molecule has 2 rings (SSSR count). The molecule has 0 spiro atoms. The van der Waals surface area contributed by atoms with Gasteiger partial charge in [-0.3, -0.25) is 9.78 Å². The quantitative estimate of drug-likeness (QED) is 0.877. The van der Waals surface area contributed by atoms with Crippen LogP contribution in [0.1, 0.15) is 16.6 Å². The summed E-state index contributed by atoms with van der Waals surface area (Å²) in [7, 11) is 0. The minimum absolute atomic E-state index is 0.0726. The van der Waals surface area contributed by atoms with Crippen LogP contribution in [-0.2, 0) is 0 Å². The second-order valence-corrected chi connectivity index (χ2v) is 4.44. The number of aromatic nitrogens is 1. The lowest BCUT2D eigenvalue weighted by molar-refractivity contribution is 0.0960. The average molecular weight is 241 g/mol. The van der Waals surface area contributed by atoms with Crippen LogP contribution in [0.15, 0.2) is 18.3 Å². The Bertz CT molecular complexity index is 509. The third-order valence-electron chi connectivity index (χ3n) is 1.92. The number of carbonyl (C=O) groups is 1. The molecule has 2 heterocycles. The molecule has 5 heteroatoms. The van der Waals surface area contributed by atoms with Crippen LogP contribution in [-0.4, -0.2) is 17.4 Å². The molecular formula is C10H9ClN2OS. The highest BCUT2D eigenvalue weighted by Crippen LogP contribution is 2.29. The minimum atomic E-state index is -0.0726. The second kappa shape index (κ2) is 4.16. The number of halogens is 1. The zero-order valence-corrected chi connectivity index (χ0v) is 9.65. The summed E-state index contributed by atoms with van der Waals surface area (Å²) in [5.74, 6) is -0.0726. The monoisotopic (exact) mass is 240 g/mol. The molecule has 2 aromatic rings. The maximum absolute atomic E-state index is 11.6. The van der Waals surface area contributed by atoms with E-state index in [9.17, 15) is 4.79 Å². The molecule has 1 amide bonds. The third-order valence-corrected chi connectivity index (χ3v) is 3.51. The molecule has 2 aromatic heterocycles. The van der Waals surface area contributed by atoms with E-state index >= 15 is 0 Å². The van der Waals surface area contributed by atoms with Crippen LogP contribution in [0.4, 0.5) is 0 Å². The van der Waals surface area contributed by atoms with Crippen LogP contribution in [0.3, 0.4) is 0 Å². The van der Waals surface area contributed by atoms with Gasteiger partial charge in [-0.05, 0) is 19.1 Å². The van der Waals surface area contributed by atoms with Crippen LogP contribution in [0.5, 0.6) is 0 Å². The normalized spacial score (nSPS) is 10.5. The molecule has 3 nitrogen and oxygen atoms in total. The molecule has 15 heavy (non-hydrogen) atoms. The van der Waals surface area contributed by atoms with E-state index in [1.165, 1.54) is 11.3 Å². The Hall–Kier alpha value is -1.13. The number of fused-ring (bicyclic) bond motifs is 1. The summed E-state index contributed by atoms with van der Waals surface area (Å²) < 4.78 is 0.861. The Labute approximate surface area is 96.1 Å². The SMILES string of the molecule is CCNC(=O)c1cc2nccc(Cl)c2s1. The number of hydrogen-bond acceptors (Lipinski definition) is 3. The number of amides is 1. The Kier molecular flexibility index (Phi) is 2.88. The van der Waals surface area contributed by atoms with Crippen molar-refractivity contribution in [3.63, 3.8) is 0 Å². The summed E-state index contributed by atoms with van der Waals surface area (Å²) in [6, 6.07) is 3.48. The average Bonchev–Trinajstić information content (AvgIpc) is 2.63. The summed E-state index contributed by atoms with van der Waals surface area (Å²) in [5.41, 5.74) is 0.772. The lowest BCUT2D eigenvalue weighted by Gasteiger charge is -1.95. The lowest BCUT2D eigenvalue weighted by Crippen LogP contribution is -2.21. The van der Waals surface area contributed by atoms with Crippen molar-refractivity contribution in [2.45, 2.75) is 6.92 Å². The molecule has 0 atom stereocenters. The number of thiophene rings is 1. The summed E-state index contributed by atoms with van der Waals surface area (Å²) in [6.45, 7) is 2.50. The first-order valence-electron chi connectivity index (χ1n) is 4.54. The van der Waals surface area contributed by atoms with Gasteiger partial charge < -0.3 is 5.32 Å². The van der Waals surface area contributed by atoms with E-state index in [0.717, 1.165) is 10.2 Å². The van der Waals surface area contributed by atoms with Crippen molar-refractivity contribution in [3.8, 4) is 0 Å². The van der Waals surface area contributed by atoms with Gasteiger partial charge in [0.2, 0.25) is 0 Å². The first-order valence-corrected chi connectivity index (χ1v) is 5.74. The van der Waals surface area contributed by atoms with E-state index in [2.05, 4.69) is 10.3 Å². The zero-order chi connectivity index (χ0) is 10.8. The number of nitrogens with zero attached hydrogens (tertiary/aromatic N) is 1. The van der Waals surface area contributed by atoms with E-state index in [0.29, 0.717) is 16.4 Å². The third kappa shape index (κ3) is 1.96. The predicted octanol–water partition coefficient (Wildman–Crippen LogP) is 2.70. The molecule has 0 aliphatic rings. The van der Waals surface area contributed by atoms with Gasteiger partial charge in [0.1, 0.15) is 0 Å². The second-order valence-electron chi connectivity index (χ2n) is 2.98. The smallest absolute Gasteiger partial charge is 0.261 e. The van der Waals surface area contributed by atoms with Crippen molar-refractivity contribution in [3.05, 3.63) is 28.2 Å². The van der Waals surface area contributed by atoms with Gasteiger partial charge in [-0.1, -0.05) is 11.6 Å². The summed E-state index contributed by atoms with van der Waals surface area (Å²) in [6.07, 6.45) is 1.64. The van der Waals surface area contributed by atoms with Gasteiger partial charge in [-0.2, -0.15) is 0 Å². The van der Waals surface area contributed by atoms with Crippen molar-refractivity contribution in [1.29, 1.82) is 0 Å². The molecule has 0 aliphatic heterocycles. The highest BCUT2D eigenvalue weighted by molar-refractivity contribution is 7.21. The fraction of sp³-hybridized carbons (Fsp3) is 0.200. The van der Waals surface area contributed by atoms with Gasteiger partial charge in [-0.25, -0.2) is 0 Å². The van der Waals surface area contributed by atoms with Crippen LogP contribution >= 0.6 is 22.9 Å². The van der Waals surface area contributed by atoms with Gasteiger partial charge in [-0.15, -0.1) is 11.3 Å². The van der Waals surface area contributed by atoms with Crippen LogP contribution < -0.4 is 5.32 Å². The highest BCUT2D eigenvalue weighted by atomic mass is 35.5. The molecule has 0 aromatic carbocycles. The molecule has 0 fully saturated rings. The Morgan fingerprint density at radius 3 is 3.13 bits per heavy atom. The maximum Gasteiger partial charge on any atom is 0.261 e.